The van der Waals surface area contributed by atoms with E-state index in [9.17, 15) is 4.79 Å². The number of halogens is 1. The number of hydrogen-bond acceptors (Lipinski definition) is 6. The Labute approximate surface area is 253 Å². The summed E-state index contributed by atoms with van der Waals surface area (Å²) in [5.74, 6) is 0.0678. The van der Waals surface area contributed by atoms with Gasteiger partial charge in [0, 0.05) is 22.7 Å². The van der Waals surface area contributed by atoms with Crippen molar-refractivity contribution in [3.05, 3.63) is 55.5 Å². The Balaban J connectivity index is 0.00000141. The van der Waals surface area contributed by atoms with Gasteiger partial charge in [-0.15, -0.1) is 0 Å². The van der Waals surface area contributed by atoms with Crippen LogP contribution in [0.4, 0.5) is 4.39 Å². The van der Waals surface area contributed by atoms with Crippen molar-refractivity contribution >= 4 is 36.5 Å². The number of nitrogens with one attached hydrogen (secondary N) is 1. The maximum absolute atomic E-state index is 15.5. The van der Waals surface area contributed by atoms with Gasteiger partial charge in [0.05, 0.1) is 18.3 Å². The van der Waals surface area contributed by atoms with Crippen LogP contribution >= 0.6 is 20.8 Å². The maximum Gasteiger partial charge on any atom is 0.396 e. The van der Waals surface area contributed by atoms with Gasteiger partial charge in [0.15, 0.2) is 4.77 Å². The average Bonchev–Trinajstić information content (AvgIpc) is 3.38. The summed E-state index contributed by atoms with van der Waals surface area (Å²) in [4.78, 5) is 14.5. The molecular weight excluding hydrogens is 560 g/mol. The summed E-state index contributed by atoms with van der Waals surface area (Å²) in [5, 5.41) is -1.75. The molecule has 1 aromatic carbocycles. The van der Waals surface area contributed by atoms with Crippen molar-refractivity contribution in [3.63, 3.8) is 0 Å². The molecule has 4 radical (unpaired) electrons. The van der Waals surface area contributed by atoms with E-state index in [1.807, 2.05) is 75.3 Å². The van der Waals surface area contributed by atoms with E-state index >= 15 is 4.39 Å². The molecule has 1 saturated heterocycles. The largest absolute Gasteiger partial charge is 0.426 e. The predicted octanol–water partition coefficient (Wildman–Crippen LogP) is 7.52. The first-order chi connectivity index (χ1) is 19.0. The van der Waals surface area contributed by atoms with Gasteiger partial charge in [-0.05, 0) is 54.4 Å². The summed E-state index contributed by atoms with van der Waals surface area (Å²) in [6, 6.07) is 1.87. The second-order valence-electron chi connectivity index (χ2n) is 11.8. The predicted molar refractivity (Wildman–Crippen MR) is 168 cm³/mol. The molecule has 3 heterocycles. The standard InChI is InChI=1S/C25H32B2FN2O5PS.2C2H6/c1-13-11-30(22(37)29-21(13)31)18-9-8-17(33-18)25(26,27)35-36-32-12-14-19(28)15(23(2,3)4)10-16(20(14)34-36)24(5,6)7;2*1-2/h10-11,17-18H,8-9,12H2,1-7H3,(H,29,31,37);2*1-2H3. The molecule has 7 nitrogen and oxygen atoms in total. The highest BCUT2D eigenvalue weighted by atomic mass is 32.1. The molecule has 2 aliphatic rings. The summed E-state index contributed by atoms with van der Waals surface area (Å²) < 4.78 is 41.3. The number of fused-ring (bicyclic) bond motifs is 1. The van der Waals surface area contributed by atoms with Crippen LogP contribution in [0.25, 0.3) is 0 Å². The van der Waals surface area contributed by atoms with E-state index in [2.05, 4.69) is 4.98 Å². The molecule has 12 heteroatoms. The lowest BCUT2D eigenvalue weighted by Gasteiger charge is -2.38. The second-order valence-corrected chi connectivity index (χ2v) is 13.2. The third-order valence-electron chi connectivity index (χ3n) is 6.59. The second kappa shape index (κ2) is 13.9. The Morgan fingerprint density at radius 2 is 1.66 bits per heavy atom. The lowest BCUT2D eigenvalue weighted by atomic mass is 9.61. The first kappa shape index (κ1) is 35.7. The molecule has 3 unspecified atom stereocenters. The Hall–Kier alpha value is -1.51. The smallest absolute Gasteiger partial charge is 0.396 e. The molecule has 2 aromatic rings. The van der Waals surface area contributed by atoms with Gasteiger partial charge in [0.25, 0.3) is 5.56 Å². The molecule has 2 aliphatic heterocycles. The number of H-pyrrole nitrogens is 1. The van der Waals surface area contributed by atoms with Gasteiger partial charge in [0.2, 0.25) is 0 Å². The summed E-state index contributed by atoms with van der Waals surface area (Å²) in [6.07, 6.45) is 1.51. The zero-order valence-corrected chi connectivity index (χ0v) is 28.0. The minimum Gasteiger partial charge on any atom is -0.426 e. The highest BCUT2D eigenvalue weighted by molar-refractivity contribution is 7.71. The van der Waals surface area contributed by atoms with Gasteiger partial charge < -0.3 is 13.8 Å². The molecule has 0 amide bonds. The van der Waals surface area contributed by atoms with Crippen LogP contribution in [-0.2, 0) is 31.2 Å². The minimum absolute atomic E-state index is 0.0318. The van der Waals surface area contributed by atoms with Crippen molar-refractivity contribution in [2.75, 3.05) is 0 Å². The van der Waals surface area contributed by atoms with Crippen LogP contribution < -0.4 is 10.1 Å². The first-order valence-electron chi connectivity index (χ1n) is 14.2. The summed E-state index contributed by atoms with van der Waals surface area (Å²) in [6.45, 7) is 21.7. The maximum atomic E-state index is 15.5. The molecule has 0 spiro atoms. The highest BCUT2D eigenvalue weighted by Crippen LogP contribution is 2.54. The number of aryl methyl sites for hydroxylation is 1. The third-order valence-corrected chi connectivity index (χ3v) is 8.04. The van der Waals surface area contributed by atoms with Crippen molar-refractivity contribution in [3.8, 4) is 5.75 Å². The summed E-state index contributed by atoms with van der Waals surface area (Å²) in [5.41, 5.74) is 1.35. The number of benzene rings is 1. The monoisotopic (exact) mass is 604 g/mol. The Morgan fingerprint density at radius 3 is 2.22 bits per heavy atom. The Morgan fingerprint density at radius 1 is 1.07 bits per heavy atom. The molecule has 0 aliphatic carbocycles. The van der Waals surface area contributed by atoms with E-state index in [4.69, 9.17) is 46.2 Å². The Kier molecular flexibility index (Phi) is 12.1. The number of ether oxygens (including phenoxy) is 1. The van der Waals surface area contributed by atoms with Crippen LogP contribution in [0.15, 0.2) is 17.1 Å². The fourth-order valence-electron chi connectivity index (χ4n) is 4.44. The van der Waals surface area contributed by atoms with Crippen LogP contribution in [0, 0.1) is 17.5 Å². The average molecular weight is 604 g/mol. The Bertz CT molecular complexity index is 1320. The van der Waals surface area contributed by atoms with E-state index in [0.717, 1.165) is 5.56 Å². The minimum atomic E-state index is -2.03. The molecule has 1 aromatic heterocycles. The molecule has 41 heavy (non-hydrogen) atoms. The molecule has 0 bridgehead atoms. The van der Waals surface area contributed by atoms with E-state index in [-0.39, 0.29) is 28.2 Å². The zero-order chi connectivity index (χ0) is 31.5. The van der Waals surface area contributed by atoms with Crippen molar-refractivity contribution in [1.82, 2.24) is 9.55 Å². The number of hydrogen-bond donors (Lipinski definition) is 1. The summed E-state index contributed by atoms with van der Waals surface area (Å²) in [7, 11) is 10.7. The van der Waals surface area contributed by atoms with Crippen LogP contribution in [0.1, 0.15) is 111 Å². The van der Waals surface area contributed by atoms with Crippen molar-refractivity contribution in [2.24, 2.45) is 0 Å². The third kappa shape index (κ3) is 8.11. The lowest BCUT2D eigenvalue weighted by Crippen LogP contribution is -2.45. The molecule has 224 valence electrons. The van der Waals surface area contributed by atoms with E-state index in [1.165, 1.54) is 0 Å². The fraction of sp³-hybridized carbons (Fsp3) is 0.655. The quantitative estimate of drug-likeness (QED) is 0.221. The fourth-order valence-corrected chi connectivity index (χ4v) is 5.81. The normalized spacial score (nSPS) is 20.6. The molecular formula is C29H44B2FN2O5PS. The van der Waals surface area contributed by atoms with Crippen LogP contribution in [0.2, 0.25) is 0 Å². The molecule has 1 N–H and O–H groups in total. The van der Waals surface area contributed by atoms with E-state index < -0.39 is 31.7 Å². The van der Waals surface area contributed by atoms with Crippen LogP contribution in [0.5, 0.6) is 5.75 Å². The SMILES string of the molecule is CC.CC.[B]C([B])(OP1OCc2c(F)c(C(C)(C)C)cc(C(C)(C)C)c2O1)C1CCC(n2cc(C)c(=O)[nH]c2=S)O1. The van der Waals surface area contributed by atoms with Gasteiger partial charge in [-0.25, -0.2) is 4.39 Å². The number of rotatable bonds is 4. The first-order valence-corrected chi connectivity index (χ1v) is 15.7. The molecule has 4 rings (SSSR count). The van der Waals surface area contributed by atoms with Crippen LogP contribution in [0.3, 0.4) is 0 Å². The summed E-state index contributed by atoms with van der Waals surface area (Å²) >= 11 is 5.29. The molecule has 1 fully saturated rings. The van der Waals surface area contributed by atoms with Gasteiger partial charge in [-0.1, -0.05) is 69.2 Å². The van der Waals surface area contributed by atoms with E-state index in [1.54, 1.807) is 17.7 Å². The molecule has 0 saturated carbocycles. The van der Waals surface area contributed by atoms with Crippen molar-refractivity contribution in [2.45, 2.75) is 124 Å². The zero-order valence-electron chi connectivity index (χ0n) is 26.3. The highest BCUT2D eigenvalue weighted by Gasteiger charge is 2.43. The lowest BCUT2D eigenvalue weighted by molar-refractivity contribution is -0.0463. The van der Waals surface area contributed by atoms with Crippen molar-refractivity contribution in [1.29, 1.82) is 0 Å². The number of aromatic nitrogens is 2. The number of aromatic amines is 1. The number of nitrogens with zero attached hydrogens (tertiary/aromatic N) is 1. The van der Waals surface area contributed by atoms with Gasteiger partial charge >= 0.3 is 8.60 Å². The van der Waals surface area contributed by atoms with Gasteiger partial charge in [0.1, 0.15) is 33.5 Å². The van der Waals surface area contributed by atoms with Crippen molar-refractivity contribution < 1.29 is 22.7 Å². The molecule has 3 atom stereocenters. The van der Waals surface area contributed by atoms with Crippen LogP contribution in [-0.4, -0.2) is 36.7 Å². The topological polar surface area (TPSA) is 74.7 Å². The van der Waals surface area contributed by atoms with Gasteiger partial charge in [-0.2, -0.15) is 0 Å². The van der Waals surface area contributed by atoms with Gasteiger partial charge in [-0.3, -0.25) is 18.9 Å². The van der Waals surface area contributed by atoms with E-state index in [0.29, 0.717) is 35.3 Å².